The molecule has 1 aliphatic heterocycles. The van der Waals surface area contributed by atoms with Crippen molar-refractivity contribution in [3.63, 3.8) is 0 Å². The predicted molar refractivity (Wildman–Crippen MR) is 120 cm³/mol. The molecule has 7 nitrogen and oxygen atoms in total. The quantitative estimate of drug-likeness (QED) is 0.338. The van der Waals surface area contributed by atoms with Crippen molar-refractivity contribution in [2.45, 2.75) is 13.0 Å². The Morgan fingerprint density at radius 3 is 2.53 bits per heavy atom. The molecule has 2 N–H and O–H groups in total. The molecule has 0 bridgehead atoms. The number of aromatic nitrogens is 1. The Balaban J connectivity index is 1.95. The number of aliphatic hydroxyl groups is 1. The summed E-state index contributed by atoms with van der Waals surface area (Å²) < 4.78 is 5.48. The summed E-state index contributed by atoms with van der Waals surface area (Å²) in [7, 11) is 0. The van der Waals surface area contributed by atoms with Crippen LogP contribution < -0.4 is 9.64 Å². The van der Waals surface area contributed by atoms with Crippen LogP contribution in [-0.4, -0.2) is 33.5 Å². The Morgan fingerprint density at radius 1 is 1.12 bits per heavy atom. The first-order chi connectivity index (χ1) is 15.4. The van der Waals surface area contributed by atoms with Crippen LogP contribution in [0, 0.1) is 0 Å². The Labute approximate surface area is 189 Å². The van der Waals surface area contributed by atoms with Gasteiger partial charge in [-0.2, -0.15) is 0 Å². The average Bonchev–Trinajstić information content (AvgIpc) is 3.06. The second kappa shape index (κ2) is 8.72. The molecule has 0 unspecified atom stereocenters. The number of amides is 1. The van der Waals surface area contributed by atoms with Gasteiger partial charge in [0, 0.05) is 16.8 Å². The highest BCUT2D eigenvalue weighted by atomic mass is 35.5. The summed E-state index contributed by atoms with van der Waals surface area (Å²) in [4.78, 5) is 31.6. The van der Waals surface area contributed by atoms with Crippen LogP contribution in [0.2, 0.25) is 5.02 Å². The lowest BCUT2D eigenvalue weighted by atomic mass is 9.95. The SMILES string of the molecule is CCOc1cc([C@@H]2C(=C(O)c3ccc(Cl)cc3)C(=O)C(=O)N2c2ccccn2)ccc1O. The maximum Gasteiger partial charge on any atom is 0.301 e. The van der Waals surface area contributed by atoms with E-state index in [-0.39, 0.29) is 28.6 Å². The van der Waals surface area contributed by atoms with Crippen LogP contribution in [0.1, 0.15) is 24.1 Å². The average molecular weight is 451 g/mol. The highest BCUT2D eigenvalue weighted by Crippen LogP contribution is 2.43. The summed E-state index contributed by atoms with van der Waals surface area (Å²) in [6.07, 6.45) is 1.51. The highest BCUT2D eigenvalue weighted by Gasteiger charge is 2.47. The van der Waals surface area contributed by atoms with Crippen molar-refractivity contribution in [3.05, 3.63) is 88.6 Å². The first kappa shape index (κ1) is 21.4. The Kier molecular flexibility index (Phi) is 5.83. The second-order valence-corrected chi connectivity index (χ2v) is 7.46. The van der Waals surface area contributed by atoms with E-state index in [4.69, 9.17) is 16.3 Å². The fourth-order valence-electron chi connectivity index (χ4n) is 3.62. The van der Waals surface area contributed by atoms with E-state index in [1.54, 1.807) is 61.5 Å². The van der Waals surface area contributed by atoms with Gasteiger partial charge in [-0.1, -0.05) is 23.7 Å². The molecule has 1 aromatic heterocycles. The zero-order valence-corrected chi connectivity index (χ0v) is 17.8. The molecule has 1 atom stereocenters. The fourth-order valence-corrected chi connectivity index (χ4v) is 3.74. The number of aromatic hydroxyl groups is 1. The van der Waals surface area contributed by atoms with E-state index in [2.05, 4.69) is 4.98 Å². The third-order valence-electron chi connectivity index (χ3n) is 5.06. The minimum Gasteiger partial charge on any atom is -0.507 e. The number of halogens is 1. The van der Waals surface area contributed by atoms with Crippen molar-refractivity contribution < 1.29 is 24.5 Å². The molecule has 162 valence electrons. The summed E-state index contributed by atoms with van der Waals surface area (Å²) in [6.45, 7) is 2.08. The van der Waals surface area contributed by atoms with Crippen molar-refractivity contribution in [1.29, 1.82) is 0 Å². The van der Waals surface area contributed by atoms with Gasteiger partial charge in [-0.3, -0.25) is 14.5 Å². The number of nitrogens with zero attached hydrogens (tertiary/aromatic N) is 2. The molecule has 0 aliphatic carbocycles. The van der Waals surface area contributed by atoms with E-state index in [1.165, 1.54) is 17.2 Å². The number of hydrogen-bond donors (Lipinski definition) is 2. The zero-order chi connectivity index (χ0) is 22.8. The van der Waals surface area contributed by atoms with Crippen LogP contribution in [0.25, 0.3) is 5.76 Å². The topological polar surface area (TPSA) is 100.0 Å². The first-order valence-electron chi connectivity index (χ1n) is 9.86. The number of benzene rings is 2. The highest BCUT2D eigenvalue weighted by molar-refractivity contribution is 6.51. The van der Waals surface area contributed by atoms with E-state index in [1.807, 2.05) is 0 Å². The van der Waals surface area contributed by atoms with Gasteiger partial charge in [-0.25, -0.2) is 4.98 Å². The minimum atomic E-state index is -0.986. The molecule has 0 saturated carbocycles. The number of hydrogen-bond acceptors (Lipinski definition) is 6. The molecular weight excluding hydrogens is 432 g/mol. The number of Topliss-reactive ketones (excluding diaryl/α,β-unsaturated/α-hetero) is 1. The van der Waals surface area contributed by atoms with E-state index in [0.717, 1.165) is 0 Å². The normalized spacial score (nSPS) is 17.6. The smallest absolute Gasteiger partial charge is 0.301 e. The van der Waals surface area contributed by atoms with E-state index >= 15 is 0 Å². The van der Waals surface area contributed by atoms with Gasteiger partial charge in [0.15, 0.2) is 11.5 Å². The lowest BCUT2D eigenvalue weighted by Gasteiger charge is -2.25. The van der Waals surface area contributed by atoms with Crippen LogP contribution in [0.5, 0.6) is 11.5 Å². The molecule has 1 saturated heterocycles. The number of ketones is 1. The third-order valence-corrected chi connectivity index (χ3v) is 5.31. The number of anilines is 1. The molecule has 0 radical (unpaired) electrons. The van der Waals surface area contributed by atoms with Gasteiger partial charge in [-0.15, -0.1) is 0 Å². The number of carbonyl (C=O) groups is 2. The summed E-state index contributed by atoms with van der Waals surface area (Å²) >= 11 is 5.94. The summed E-state index contributed by atoms with van der Waals surface area (Å²) in [5, 5.41) is 21.6. The van der Waals surface area contributed by atoms with Gasteiger partial charge in [0.1, 0.15) is 11.6 Å². The monoisotopic (exact) mass is 450 g/mol. The second-order valence-electron chi connectivity index (χ2n) is 7.02. The number of carbonyl (C=O) groups excluding carboxylic acids is 2. The molecule has 1 aliphatic rings. The molecule has 32 heavy (non-hydrogen) atoms. The van der Waals surface area contributed by atoms with Crippen molar-refractivity contribution in [1.82, 2.24) is 4.98 Å². The number of ether oxygens (including phenoxy) is 1. The Morgan fingerprint density at radius 2 is 1.88 bits per heavy atom. The van der Waals surface area contributed by atoms with Crippen molar-refractivity contribution in [2.75, 3.05) is 11.5 Å². The number of phenols is 1. The van der Waals surface area contributed by atoms with Crippen LogP contribution in [0.3, 0.4) is 0 Å². The lowest BCUT2D eigenvalue weighted by molar-refractivity contribution is -0.132. The van der Waals surface area contributed by atoms with Gasteiger partial charge in [0.25, 0.3) is 5.78 Å². The summed E-state index contributed by atoms with van der Waals surface area (Å²) in [5.74, 6) is -1.64. The third kappa shape index (κ3) is 3.78. The zero-order valence-electron chi connectivity index (χ0n) is 17.0. The van der Waals surface area contributed by atoms with Gasteiger partial charge in [-0.05, 0) is 61.0 Å². The van der Waals surface area contributed by atoms with Crippen molar-refractivity contribution >= 4 is 34.9 Å². The van der Waals surface area contributed by atoms with E-state index < -0.39 is 17.7 Å². The number of rotatable bonds is 5. The van der Waals surface area contributed by atoms with Crippen LogP contribution >= 0.6 is 11.6 Å². The first-order valence-corrected chi connectivity index (χ1v) is 10.2. The molecule has 2 aromatic carbocycles. The Bertz CT molecular complexity index is 1210. The van der Waals surface area contributed by atoms with Gasteiger partial charge >= 0.3 is 5.91 Å². The van der Waals surface area contributed by atoms with Gasteiger partial charge < -0.3 is 14.9 Å². The molecule has 1 amide bonds. The predicted octanol–water partition coefficient (Wildman–Crippen LogP) is 4.47. The maximum absolute atomic E-state index is 13.1. The number of phenolic OH excluding ortho intramolecular Hbond substituents is 1. The summed E-state index contributed by atoms with van der Waals surface area (Å²) in [5.41, 5.74) is 0.699. The molecule has 2 heterocycles. The van der Waals surface area contributed by atoms with E-state index in [9.17, 15) is 19.8 Å². The van der Waals surface area contributed by atoms with Gasteiger partial charge in [0.2, 0.25) is 0 Å². The summed E-state index contributed by atoms with van der Waals surface area (Å²) in [6, 6.07) is 14.8. The molecule has 3 aromatic rings. The minimum absolute atomic E-state index is 0.0805. The molecule has 4 rings (SSSR count). The van der Waals surface area contributed by atoms with Crippen molar-refractivity contribution in [3.8, 4) is 11.5 Å². The van der Waals surface area contributed by atoms with E-state index in [0.29, 0.717) is 22.8 Å². The van der Waals surface area contributed by atoms with Crippen LogP contribution in [-0.2, 0) is 9.59 Å². The fraction of sp³-hybridized carbons (Fsp3) is 0.125. The molecule has 8 heteroatoms. The number of aliphatic hydroxyl groups excluding tert-OH is 1. The molecule has 0 spiro atoms. The molecule has 1 fully saturated rings. The molecular formula is C24H19ClN2O5. The van der Waals surface area contributed by atoms with Crippen molar-refractivity contribution in [2.24, 2.45) is 0 Å². The number of pyridine rings is 1. The van der Waals surface area contributed by atoms with Gasteiger partial charge in [0.05, 0.1) is 18.2 Å². The standard InChI is InChI=1S/C24H19ClN2O5/c1-2-32-18-13-15(8-11-17(18)28)21-20(22(29)14-6-9-16(25)10-7-14)23(30)24(31)27(21)19-5-3-4-12-26-19/h3-13,21,28-29H,2H2,1H3/t21-/m1/s1. The lowest BCUT2D eigenvalue weighted by Crippen LogP contribution is -2.30. The largest absolute Gasteiger partial charge is 0.507 e. The Hall–Kier alpha value is -3.84. The van der Waals surface area contributed by atoms with Crippen LogP contribution in [0.15, 0.2) is 72.4 Å². The maximum atomic E-state index is 13.1. The van der Waals surface area contributed by atoms with Crippen LogP contribution in [0.4, 0.5) is 5.82 Å².